The lowest BCUT2D eigenvalue weighted by Gasteiger charge is -2.47. The van der Waals surface area contributed by atoms with Gasteiger partial charge in [-0.15, -0.1) is 0 Å². The van der Waals surface area contributed by atoms with Gasteiger partial charge in [0.2, 0.25) is 51.9 Å². The van der Waals surface area contributed by atoms with Crippen LogP contribution in [0.15, 0.2) is 177 Å². The number of nitrogens with one attached hydrogen (secondary N) is 5. The maximum Gasteiger partial charge on any atom is 0.310 e. The fourth-order valence-electron chi connectivity index (χ4n) is 8.22. The first-order valence-corrected chi connectivity index (χ1v) is 37.2. The van der Waals surface area contributed by atoms with E-state index in [0.717, 1.165) is 9.87 Å². The SMILES string of the molecule is CC(C)(CN)CO.COc1ccc(S(=O)(=O)N2CC(C)(C)C(=O)N(Cc3ccccc3)C2C(=O)NO)cc1.COc1ccc(S(=O)(=O)NCC(C)(C)C(=O)NCc2ccccc2)cc1.COc1ccc(S(=O)(=O)NCC(C)(C)C(=O)O)cc1.COc1ccc(S(=O)(=O)NCC(C)(C)CO)cc1. The molecule has 0 saturated carbocycles. The molecule has 1 saturated heterocycles. The fraction of sp³-hybridized carbons (Fsp3) is 0.420. The third-order valence-corrected chi connectivity index (χ3v) is 21.4. The summed E-state index contributed by atoms with van der Waals surface area (Å²) in [6.07, 6.45) is -1.56. The molecule has 558 valence electrons. The van der Waals surface area contributed by atoms with Crippen LogP contribution in [0.25, 0.3) is 0 Å². The van der Waals surface area contributed by atoms with Crippen molar-refractivity contribution in [1.29, 1.82) is 0 Å². The van der Waals surface area contributed by atoms with E-state index in [4.69, 9.17) is 40.0 Å². The molecule has 0 bridgehead atoms. The van der Waals surface area contributed by atoms with Crippen molar-refractivity contribution < 1.29 is 92.3 Å². The molecule has 11 N–H and O–H groups in total. The van der Waals surface area contributed by atoms with E-state index in [-0.39, 0.29) is 76.8 Å². The first-order chi connectivity index (χ1) is 47.0. The Hall–Kier alpha value is -8.12. The highest BCUT2D eigenvalue weighted by molar-refractivity contribution is 7.90. The number of aliphatic hydroxyl groups excluding tert-OH is 2. The molecule has 1 aliphatic rings. The van der Waals surface area contributed by atoms with Crippen LogP contribution in [0.2, 0.25) is 0 Å². The van der Waals surface area contributed by atoms with E-state index in [2.05, 4.69) is 19.5 Å². The zero-order chi connectivity index (χ0) is 76.4. The van der Waals surface area contributed by atoms with Crippen LogP contribution in [0.4, 0.5) is 0 Å². The van der Waals surface area contributed by atoms with Crippen molar-refractivity contribution in [3.05, 3.63) is 169 Å². The Labute approximate surface area is 594 Å². The van der Waals surface area contributed by atoms with Crippen molar-refractivity contribution in [3.63, 3.8) is 0 Å². The van der Waals surface area contributed by atoms with Gasteiger partial charge in [-0.1, -0.05) is 88.4 Å². The summed E-state index contributed by atoms with van der Waals surface area (Å²) in [5, 5.41) is 38.7. The van der Waals surface area contributed by atoms with Gasteiger partial charge in [-0.2, -0.15) is 4.31 Å². The minimum absolute atomic E-state index is 0.00414. The highest BCUT2D eigenvalue weighted by Crippen LogP contribution is 2.35. The number of rotatable bonds is 28. The van der Waals surface area contributed by atoms with Gasteiger partial charge in [0, 0.05) is 63.3 Å². The second kappa shape index (κ2) is 38.2. The Kier molecular flexibility index (Phi) is 33.0. The summed E-state index contributed by atoms with van der Waals surface area (Å²) in [6.45, 7) is 17.7. The number of hydrogen-bond donors (Lipinski definition) is 10. The van der Waals surface area contributed by atoms with Gasteiger partial charge in [-0.3, -0.25) is 24.4 Å². The molecule has 1 heterocycles. The van der Waals surface area contributed by atoms with E-state index in [1.54, 1.807) is 90.1 Å². The predicted octanol–water partition coefficient (Wildman–Crippen LogP) is 5.94. The molecule has 0 radical (unpaired) electrons. The summed E-state index contributed by atoms with van der Waals surface area (Å²) in [6, 6.07) is 42.2. The molecule has 101 heavy (non-hydrogen) atoms. The molecule has 1 unspecified atom stereocenters. The number of aliphatic hydroxyl groups is 2. The van der Waals surface area contributed by atoms with E-state index in [9.17, 15) is 58.1 Å². The molecule has 7 rings (SSSR count). The number of nitrogens with two attached hydrogens (primary N) is 1. The van der Waals surface area contributed by atoms with E-state index in [0.29, 0.717) is 41.7 Å². The van der Waals surface area contributed by atoms with E-state index < -0.39 is 85.7 Å². The first-order valence-electron chi connectivity index (χ1n) is 31.3. The van der Waals surface area contributed by atoms with Crippen molar-refractivity contribution in [2.24, 2.45) is 32.8 Å². The van der Waals surface area contributed by atoms with Crippen LogP contribution in [0, 0.1) is 27.1 Å². The average Bonchev–Trinajstić information content (AvgIpc) is 0.741. The first kappa shape index (κ1) is 87.1. The minimum Gasteiger partial charge on any atom is -0.497 e. The Morgan fingerprint density at radius 1 is 0.525 bits per heavy atom. The van der Waals surface area contributed by atoms with Crippen molar-refractivity contribution >= 4 is 63.8 Å². The number of methoxy groups -OCH3 is 4. The lowest BCUT2D eigenvalue weighted by molar-refractivity contribution is -0.164. The van der Waals surface area contributed by atoms with Crippen LogP contribution in [-0.4, -0.2) is 168 Å². The number of carboxylic acid groups (broad SMARTS) is 1. The highest BCUT2D eigenvalue weighted by atomic mass is 32.2. The maximum atomic E-state index is 13.5. The topological polar surface area (TPSA) is 415 Å². The Bertz CT molecular complexity index is 4070. The summed E-state index contributed by atoms with van der Waals surface area (Å²) < 4.78 is 128. The van der Waals surface area contributed by atoms with Gasteiger partial charge in [0.15, 0.2) is 6.17 Å². The summed E-state index contributed by atoms with van der Waals surface area (Å²) in [5.41, 5.74) is 4.74. The Morgan fingerprint density at radius 2 is 0.871 bits per heavy atom. The smallest absolute Gasteiger partial charge is 0.310 e. The molecule has 1 atom stereocenters. The lowest BCUT2D eigenvalue weighted by Crippen LogP contribution is -2.68. The van der Waals surface area contributed by atoms with Gasteiger partial charge >= 0.3 is 5.97 Å². The highest BCUT2D eigenvalue weighted by Gasteiger charge is 2.52. The van der Waals surface area contributed by atoms with Crippen LogP contribution >= 0.6 is 0 Å². The number of ether oxygens (including phenoxy) is 4. The maximum absolute atomic E-state index is 13.5. The third-order valence-electron chi connectivity index (χ3n) is 15.3. The Morgan fingerprint density at radius 3 is 1.20 bits per heavy atom. The number of hydrogen-bond acceptors (Lipinski definition) is 20. The van der Waals surface area contributed by atoms with Gasteiger partial charge in [0.05, 0.1) is 64.3 Å². The number of sulfonamides is 4. The molecular weight excluding hydrogens is 1390 g/mol. The molecule has 0 aliphatic carbocycles. The summed E-state index contributed by atoms with van der Waals surface area (Å²) >= 11 is 0. The van der Waals surface area contributed by atoms with Crippen molar-refractivity contribution in [3.8, 4) is 23.0 Å². The zero-order valence-electron chi connectivity index (χ0n) is 59.4. The molecule has 3 amide bonds. The summed E-state index contributed by atoms with van der Waals surface area (Å²) in [7, 11) is -9.19. The van der Waals surface area contributed by atoms with Crippen LogP contribution in [0.3, 0.4) is 0 Å². The number of benzene rings is 6. The summed E-state index contributed by atoms with van der Waals surface area (Å²) in [5.74, 6) is -0.505. The molecule has 0 aromatic heterocycles. The monoisotopic (exact) mass is 1490 g/mol. The average molecular weight is 1490 g/mol. The number of aliphatic carboxylic acids is 1. The molecule has 28 nitrogen and oxygen atoms in total. The van der Waals surface area contributed by atoms with Gasteiger partial charge < -0.3 is 50.2 Å². The van der Waals surface area contributed by atoms with Crippen molar-refractivity contribution in [2.75, 3.05) is 74.4 Å². The van der Waals surface area contributed by atoms with Crippen LogP contribution in [0.5, 0.6) is 23.0 Å². The summed E-state index contributed by atoms with van der Waals surface area (Å²) in [4.78, 5) is 50.6. The number of amides is 3. The fourth-order valence-corrected chi connectivity index (χ4v) is 13.6. The third kappa shape index (κ3) is 27.0. The quantitative estimate of drug-likeness (QED) is 0.0200. The minimum atomic E-state index is -4.20. The normalized spacial score (nSPS) is 14.3. The number of nitrogens with zero attached hydrogens (tertiary/aromatic N) is 2. The zero-order valence-corrected chi connectivity index (χ0v) is 62.6. The van der Waals surface area contributed by atoms with Gasteiger partial charge in [0.1, 0.15) is 23.0 Å². The number of carboxylic acids is 1. The van der Waals surface area contributed by atoms with Crippen molar-refractivity contribution in [2.45, 2.75) is 108 Å². The van der Waals surface area contributed by atoms with Crippen LogP contribution in [-0.2, 0) is 72.4 Å². The second-order valence-corrected chi connectivity index (χ2v) is 33.7. The number of hydroxylamine groups is 1. The standard InChI is InChI=1S/C21H25N3O6S.C19H24N2O4S.C12H17NO5S.C12H19NO4S.C5H13NO/c1-21(2)14-24(31(28,29)17-11-9-16(30-3)10-12-17)19(18(25)22-27)23(20(21)26)13-15-7-5-4-6-8-15;1-19(2,18(22)20-13-15-7-5-4-6-8-15)14-21-26(23,24)17-11-9-16(25-3)10-12-17;1-12(2,11(14)15)8-13-19(16,17)10-6-4-9(18-3)5-7-10;1-12(2,9-14)8-13-18(15,16)11-6-4-10(17-3)5-7-11;1-5(2,3-6)4-7/h4-12,19,27H,13-14H2,1-3H3,(H,22,25);4-12,21H,13-14H2,1-3H3,(H,20,22);4-7,13H,8H2,1-3H3,(H,14,15);4-7,13-14H,8-9H2,1-3H3;7H,3-4,6H2,1-2H3. The van der Waals surface area contributed by atoms with Gasteiger partial charge in [-0.25, -0.2) is 53.3 Å². The molecule has 1 aliphatic heterocycles. The molecule has 32 heteroatoms. The van der Waals surface area contributed by atoms with E-state index in [1.165, 1.54) is 125 Å². The van der Waals surface area contributed by atoms with E-state index >= 15 is 0 Å². The molecule has 6 aromatic carbocycles. The second-order valence-electron chi connectivity index (χ2n) is 26.5. The van der Waals surface area contributed by atoms with Crippen LogP contribution in [0.1, 0.15) is 80.4 Å². The molecule has 6 aromatic rings. The van der Waals surface area contributed by atoms with E-state index in [1.807, 2.05) is 50.2 Å². The predicted molar refractivity (Wildman–Crippen MR) is 380 cm³/mol. The molecular formula is C69H98N8O20S4. The van der Waals surface area contributed by atoms with Crippen molar-refractivity contribution in [1.82, 2.24) is 34.2 Å². The van der Waals surface area contributed by atoms with Crippen LogP contribution < -0.4 is 49.6 Å². The largest absolute Gasteiger partial charge is 0.497 e. The number of carbonyl (C=O) groups is 4. The lowest BCUT2D eigenvalue weighted by atomic mass is 9.88. The number of carbonyl (C=O) groups excluding carboxylic acids is 3. The Balaban J connectivity index is 0.000000346. The molecule has 1 fully saturated rings. The van der Waals surface area contributed by atoms with Gasteiger partial charge in [-0.05, 0) is 156 Å². The molecule has 0 spiro atoms. The van der Waals surface area contributed by atoms with Gasteiger partial charge in [0.25, 0.3) is 5.91 Å².